The molecule has 0 saturated heterocycles. The number of nitrogens with zero attached hydrogens (tertiary/aromatic N) is 2. The summed E-state index contributed by atoms with van der Waals surface area (Å²) in [6.45, 7) is 0. The lowest BCUT2D eigenvalue weighted by molar-refractivity contribution is 0.0690. The summed E-state index contributed by atoms with van der Waals surface area (Å²) in [4.78, 5) is 18.1. The molecule has 3 aromatic rings. The molecule has 0 spiro atoms. The van der Waals surface area contributed by atoms with Gasteiger partial charge in [-0.2, -0.15) is 8.10 Å². The largest absolute Gasteiger partial charge is 0.477 e. The van der Waals surface area contributed by atoms with E-state index in [4.69, 9.17) is 5.11 Å². The minimum absolute atomic E-state index is 0.0433. The highest BCUT2D eigenvalue weighted by Gasteiger charge is 2.27. The number of H-pyrrole nitrogens is 1. The van der Waals surface area contributed by atoms with Gasteiger partial charge < -0.3 is 10.1 Å². The van der Waals surface area contributed by atoms with Gasteiger partial charge in [-0.1, -0.05) is 0 Å². The zero-order valence-electron chi connectivity index (χ0n) is 11.9. The Hall–Kier alpha value is -2.29. The average molecular weight is 320 g/mol. The molecule has 22 heavy (non-hydrogen) atoms. The van der Waals surface area contributed by atoms with Gasteiger partial charge in [-0.15, -0.1) is 0 Å². The third-order valence-electron chi connectivity index (χ3n) is 3.70. The molecular weight excluding hydrogens is 306 g/mol. The Morgan fingerprint density at radius 3 is 2.55 bits per heavy atom. The van der Waals surface area contributed by atoms with Crippen LogP contribution < -0.4 is 3.89 Å². The summed E-state index contributed by atoms with van der Waals surface area (Å²) >= 11 is -2.08. The highest BCUT2D eigenvalue weighted by Crippen LogP contribution is 2.31. The lowest BCUT2D eigenvalue weighted by Crippen LogP contribution is -2.41. The Morgan fingerprint density at radius 2 is 1.91 bits per heavy atom. The number of aromatic carboxylic acids is 1. The topological polar surface area (TPSA) is 103 Å². The first kappa shape index (κ1) is 14.6. The summed E-state index contributed by atoms with van der Waals surface area (Å²) in [5.74, 6) is -1.10. The second-order valence-electron chi connectivity index (χ2n) is 5.36. The molecule has 0 aliphatic heterocycles. The predicted molar refractivity (Wildman–Crippen MR) is 85.0 cm³/mol. The van der Waals surface area contributed by atoms with Crippen LogP contribution in [0.25, 0.3) is 21.8 Å². The van der Waals surface area contributed by atoms with Gasteiger partial charge >= 0.3 is 17.2 Å². The number of quaternary nitrogens is 1. The standard InChI is InChI=1S/C14H13N3O4S/c1-17(2,22(20)21)8-3-4-11-9(5-8)10-6-12(14(18)19)15-7-13(10)16-11/h3-7H,1-2H3,(H2-,15,16,18,19,20,21)/p+1. The number of hydrogen-bond acceptors (Lipinski definition) is 3. The molecule has 3 rings (SSSR count). The van der Waals surface area contributed by atoms with E-state index in [1.807, 2.05) is 0 Å². The van der Waals surface area contributed by atoms with Crippen LogP contribution in [0.5, 0.6) is 0 Å². The number of pyridine rings is 1. The molecule has 0 aliphatic carbocycles. The molecule has 7 nitrogen and oxygen atoms in total. The summed E-state index contributed by atoms with van der Waals surface area (Å²) in [5.41, 5.74) is 2.13. The number of benzene rings is 1. The van der Waals surface area contributed by atoms with Crippen molar-refractivity contribution in [2.24, 2.45) is 0 Å². The van der Waals surface area contributed by atoms with E-state index in [-0.39, 0.29) is 9.58 Å². The van der Waals surface area contributed by atoms with Crippen molar-refractivity contribution >= 4 is 44.7 Å². The first-order valence-electron chi connectivity index (χ1n) is 6.41. The van der Waals surface area contributed by atoms with Crippen molar-refractivity contribution in [1.29, 1.82) is 0 Å². The number of carbonyl (C=O) groups is 1. The summed E-state index contributed by atoms with van der Waals surface area (Å²) < 4.78 is 20.7. The van der Waals surface area contributed by atoms with E-state index in [0.29, 0.717) is 16.6 Å². The van der Waals surface area contributed by atoms with Crippen molar-refractivity contribution in [2.45, 2.75) is 0 Å². The van der Waals surface area contributed by atoms with Gasteiger partial charge in [-0.25, -0.2) is 9.78 Å². The van der Waals surface area contributed by atoms with E-state index in [2.05, 4.69) is 9.97 Å². The number of aromatic amines is 1. The number of rotatable bonds is 3. The smallest absolute Gasteiger partial charge is 0.363 e. The van der Waals surface area contributed by atoms with E-state index in [1.165, 1.54) is 12.3 Å². The number of carboxylic acid groups (broad SMARTS) is 1. The summed E-state index contributed by atoms with van der Waals surface area (Å²) in [6.07, 6.45) is 1.47. The zero-order chi connectivity index (χ0) is 16.1. The van der Waals surface area contributed by atoms with Crippen molar-refractivity contribution in [1.82, 2.24) is 13.9 Å². The van der Waals surface area contributed by atoms with Crippen LogP contribution in [-0.4, -0.2) is 43.9 Å². The third kappa shape index (κ3) is 2.17. The van der Waals surface area contributed by atoms with E-state index in [0.717, 1.165) is 10.9 Å². The van der Waals surface area contributed by atoms with Gasteiger partial charge in [0, 0.05) is 28.4 Å². The lowest BCUT2D eigenvalue weighted by Gasteiger charge is -2.22. The highest BCUT2D eigenvalue weighted by molar-refractivity contribution is 7.78. The second kappa shape index (κ2) is 4.87. The van der Waals surface area contributed by atoms with Crippen LogP contribution in [-0.2, 0) is 11.3 Å². The van der Waals surface area contributed by atoms with Crippen molar-refractivity contribution < 1.29 is 18.7 Å². The molecule has 0 aliphatic rings. The lowest BCUT2D eigenvalue weighted by atomic mass is 10.1. The Kier molecular flexibility index (Phi) is 3.24. The fraction of sp³-hybridized carbons (Fsp3) is 0.143. The summed E-state index contributed by atoms with van der Waals surface area (Å²) in [7, 11) is 3.24. The number of fused-ring (bicyclic) bond motifs is 3. The molecule has 0 fully saturated rings. The second-order valence-corrected chi connectivity index (χ2v) is 6.73. The van der Waals surface area contributed by atoms with Crippen molar-refractivity contribution in [2.75, 3.05) is 14.1 Å². The van der Waals surface area contributed by atoms with Crippen molar-refractivity contribution in [3.63, 3.8) is 0 Å². The molecule has 0 amide bonds. The molecule has 2 heterocycles. The highest BCUT2D eigenvalue weighted by atomic mass is 32.2. The molecule has 1 atom stereocenters. The molecule has 0 radical (unpaired) electrons. The van der Waals surface area contributed by atoms with Gasteiger partial charge in [-0.3, -0.25) is 4.55 Å². The third-order valence-corrected chi connectivity index (χ3v) is 4.69. The van der Waals surface area contributed by atoms with Gasteiger partial charge in [0.05, 0.1) is 25.8 Å². The number of nitrogens with one attached hydrogen (secondary N) is 1. The summed E-state index contributed by atoms with van der Waals surface area (Å²) in [5, 5.41) is 10.6. The van der Waals surface area contributed by atoms with Crippen molar-refractivity contribution in [3.05, 3.63) is 36.2 Å². The predicted octanol–water partition coefficient (Wildman–Crippen LogP) is 2.12. The van der Waals surface area contributed by atoms with Crippen LogP contribution in [0.15, 0.2) is 30.5 Å². The van der Waals surface area contributed by atoms with Crippen LogP contribution in [0.4, 0.5) is 5.69 Å². The van der Waals surface area contributed by atoms with E-state index in [1.54, 1.807) is 32.3 Å². The van der Waals surface area contributed by atoms with Crippen molar-refractivity contribution in [3.8, 4) is 0 Å². The molecule has 2 aromatic heterocycles. The maximum atomic E-state index is 11.5. The fourth-order valence-corrected chi connectivity index (χ4v) is 2.62. The van der Waals surface area contributed by atoms with E-state index < -0.39 is 17.2 Å². The molecule has 1 aromatic carbocycles. The summed E-state index contributed by atoms with van der Waals surface area (Å²) in [6, 6.07) is 6.85. The molecule has 8 heteroatoms. The Bertz CT molecular complexity index is 932. The minimum Gasteiger partial charge on any atom is -0.477 e. The molecule has 0 bridgehead atoms. The first-order valence-corrected chi connectivity index (χ1v) is 7.48. The normalized spacial score (nSPS) is 13.6. The van der Waals surface area contributed by atoms with Gasteiger partial charge in [0.2, 0.25) is 0 Å². The number of aromatic nitrogens is 2. The van der Waals surface area contributed by atoms with Gasteiger partial charge in [0.25, 0.3) is 0 Å². The molecular formula is C14H14N3O4S+. The quantitative estimate of drug-likeness (QED) is 0.506. The monoisotopic (exact) mass is 320 g/mol. The maximum absolute atomic E-state index is 11.5. The SMILES string of the molecule is C[N+](C)(c1ccc2[nH]c3cnc(C(=O)O)cc3c2c1)S(=O)O. The van der Waals surface area contributed by atoms with Gasteiger partial charge in [-0.05, 0) is 12.1 Å². The van der Waals surface area contributed by atoms with Crippen LogP contribution in [0.1, 0.15) is 10.5 Å². The minimum atomic E-state index is -2.08. The molecule has 3 N–H and O–H groups in total. The van der Waals surface area contributed by atoms with E-state index >= 15 is 0 Å². The number of hydrogen-bond donors (Lipinski definition) is 3. The van der Waals surface area contributed by atoms with Gasteiger partial charge in [0.15, 0.2) is 0 Å². The van der Waals surface area contributed by atoms with Crippen LogP contribution in [0.2, 0.25) is 0 Å². The Balaban J connectivity index is 2.30. The molecule has 114 valence electrons. The first-order chi connectivity index (χ1) is 10.3. The van der Waals surface area contributed by atoms with E-state index in [9.17, 15) is 13.6 Å². The average Bonchev–Trinajstić information content (AvgIpc) is 2.83. The Labute approximate surface area is 128 Å². The maximum Gasteiger partial charge on any atom is 0.363 e. The van der Waals surface area contributed by atoms with Crippen LogP contribution in [0, 0.1) is 0 Å². The van der Waals surface area contributed by atoms with Crippen LogP contribution in [0.3, 0.4) is 0 Å². The zero-order valence-corrected chi connectivity index (χ0v) is 12.7. The Morgan fingerprint density at radius 1 is 1.23 bits per heavy atom. The van der Waals surface area contributed by atoms with Crippen LogP contribution >= 0.6 is 0 Å². The molecule has 1 unspecified atom stereocenters. The van der Waals surface area contributed by atoms with Gasteiger partial charge in [0.1, 0.15) is 11.4 Å². The fourth-order valence-electron chi connectivity index (χ4n) is 2.33. The molecule has 0 saturated carbocycles. The number of carboxylic acids is 1.